The number of fused-ring (bicyclic) bond motifs is 1. The van der Waals surface area contributed by atoms with Gasteiger partial charge in [-0.25, -0.2) is 9.67 Å². The summed E-state index contributed by atoms with van der Waals surface area (Å²) < 4.78 is 3.83. The van der Waals surface area contributed by atoms with Crippen molar-refractivity contribution in [1.82, 2.24) is 19.3 Å². The number of rotatable bonds is 7. The fraction of sp³-hybridized carbons (Fsp3) is 0.138. The topological polar surface area (TPSA) is 59.4 Å². The number of imidazole rings is 1. The van der Waals surface area contributed by atoms with Gasteiger partial charge in [0, 0.05) is 29.3 Å². The second-order valence-corrected chi connectivity index (χ2v) is 9.41. The molecule has 6 heteroatoms. The first kappa shape index (κ1) is 22.7. The molecule has 5 aromatic rings. The van der Waals surface area contributed by atoms with E-state index in [0.717, 1.165) is 45.7 Å². The third-order valence-corrected chi connectivity index (χ3v) is 7.03. The summed E-state index contributed by atoms with van der Waals surface area (Å²) in [4.78, 5) is 5.97. The average Bonchev–Trinajstić information content (AvgIpc) is 3.48. The van der Waals surface area contributed by atoms with Crippen molar-refractivity contribution in [3.63, 3.8) is 0 Å². The van der Waals surface area contributed by atoms with E-state index in [1.54, 1.807) is 0 Å². The van der Waals surface area contributed by atoms with Gasteiger partial charge < -0.3 is 4.57 Å². The molecule has 3 aromatic carbocycles. The number of hydrogen-bond acceptors (Lipinski definition) is 4. The lowest BCUT2D eigenvalue weighted by molar-refractivity contribution is 0.884. The molecular weight excluding hydrogens is 450 g/mol. The van der Waals surface area contributed by atoms with Crippen LogP contribution in [0.2, 0.25) is 0 Å². The van der Waals surface area contributed by atoms with Crippen molar-refractivity contribution < 1.29 is 0 Å². The van der Waals surface area contributed by atoms with Crippen LogP contribution in [0.3, 0.4) is 0 Å². The molecular formula is C29H25N5S. The molecule has 0 spiro atoms. The van der Waals surface area contributed by atoms with E-state index < -0.39 is 0 Å². The van der Waals surface area contributed by atoms with Crippen molar-refractivity contribution in [3.05, 3.63) is 96.4 Å². The van der Waals surface area contributed by atoms with E-state index in [1.165, 1.54) is 4.90 Å². The predicted octanol–water partition coefficient (Wildman–Crippen LogP) is 6.99. The number of aromatic nitrogens is 4. The van der Waals surface area contributed by atoms with Crippen LogP contribution in [0.5, 0.6) is 0 Å². The van der Waals surface area contributed by atoms with Gasteiger partial charge in [-0.05, 0) is 54.6 Å². The summed E-state index contributed by atoms with van der Waals surface area (Å²) in [6.07, 6.45) is 5.01. The molecule has 172 valence electrons. The van der Waals surface area contributed by atoms with Crippen LogP contribution < -0.4 is 0 Å². The van der Waals surface area contributed by atoms with E-state index in [4.69, 9.17) is 10.1 Å². The molecule has 0 aliphatic rings. The van der Waals surface area contributed by atoms with Crippen LogP contribution in [-0.4, -0.2) is 25.1 Å². The molecule has 0 aliphatic heterocycles. The van der Waals surface area contributed by atoms with Crippen LogP contribution >= 0.6 is 11.8 Å². The van der Waals surface area contributed by atoms with Crippen molar-refractivity contribution in [1.29, 1.82) is 5.26 Å². The second kappa shape index (κ2) is 10.0. The maximum absolute atomic E-state index is 10.1. The Morgan fingerprint density at radius 2 is 1.74 bits per heavy atom. The Kier molecular flexibility index (Phi) is 6.51. The van der Waals surface area contributed by atoms with Crippen LogP contribution in [0, 0.1) is 11.3 Å². The van der Waals surface area contributed by atoms with Crippen LogP contribution in [-0.2, 0) is 7.05 Å². The van der Waals surface area contributed by atoms with Crippen molar-refractivity contribution >= 4 is 34.4 Å². The zero-order chi connectivity index (χ0) is 24.2. The minimum Gasteiger partial charge on any atom is -0.327 e. The van der Waals surface area contributed by atoms with Gasteiger partial charge >= 0.3 is 0 Å². The normalized spacial score (nSPS) is 11.6. The third-order valence-electron chi connectivity index (χ3n) is 5.81. The molecule has 0 N–H and O–H groups in total. The van der Waals surface area contributed by atoms with E-state index in [0.29, 0.717) is 11.4 Å². The van der Waals surface area contributed by atoms with E-state index in [1.807, 2.05) is 94.9 Å². The van der Waals surface area contributed by atoms with Crippen LogP contribution in [0.25, 0.3) is 39.6 Å². The summed E-state index contributed by atoms with van der Waals surface area (Å²) in [6, 6.07) is 28.8. The Balaban J connectivity index is 1.62. The van der Waals surface area contributed by atoms with E-state index in [2.05, 4.69) is 37.3 Å². The minimum atomic E-state index is 0.493. The first-order valence-corrected chi connectivity index (χ1v) is 12.6. The summed E-state index contributed by atoms with van der Waals surface area (Å²) in [5, 5.41) is 15.0. The summed E-state index contributed by atoms with van der Waals surface area (Å²) in [6.45, 7) is 2.19. The van der Waals surface area contributed by atoms with Crippen molar-refractivity contribution in [3.8, 4) is 23.0 Å². The van der Waals surface area contributed by atoms with Gasteiger partial charge in [-0.1, -0.05) is 49.4 Å². The molecule has 35 heavy (non-hydrogen) atoms. The summed E-state index contributed by atoms with van der Waals surface area (Å²) in [5.41, 5.74) is 6.01. The number of thioether (sulfide) groups is 1. The molecule has 2 heterocycles. The Hall–Kier alpha value is -4.08. The van der Waals surface area contributed by atoms with Crippen molar-refractivity contribution in [2.45, 2.75) is 18.2 Å². The lowest BCUT2D eigenvalue weighted by Gasteiger charge is -2.04. The fourth-order valence-electron chi connectivity index (χ4n) is 4.05. The molecule has 0 saturated carbocycles. The lowest BCUT2D eigenvalue weighted by atomic mass is 10.1. The van der Waals surface area contributed by atoms with E-state index in [-0.39, 0.29) is 0 Å². The van der Waals surface area contributed by atoms with Crippen molar-refractivity contribution in [2.24, 2.45) is 7.05 Å². The number of nitrogens with zero attached hydrogens (tertiary/aromatic N) is 5. The SMILES string of the molecule is CCCSc1ccc(-c2nn(-c3ccccc3)cc2C=C(C#N)c2nc3ccccc3n2C)cc1. The monoisotopic (exact) mass is 475 g/mol. The van der Waals surface area contributed by atoms with Gasteiger partial charge in [-0.15, -0.1) is 11.8 Å². The summed E-state index contributed by atoms with van der Waals surface area (Å²) >= 11 is 1.85. The molecule has 0 saturated heterocycles. The first-order valence-electron chi connectivity index (χ1n) is 11.6. The molecule has 0 fully saturated rings. The number of para-hydroxylation sites is 3. The number of nitriles is 1. The van der Waals surface area contributed by atoms with Crippen molar-refractivity contribution in [2.75, 3.05) is 5.75 Å². The molecule has 0 bridgehead atoms. The molecule has 0 unspecified atom stereocenters. The molecule has 0 amide bonds. The van der Waals surface area contributed by atoms with Gasteiger partial charge in [-0.3, -0.25) is 0 Å². The lowest BCUT2D eigenvalue weighted by Crippen LogP contribution is -1.96. The van der Waals surface area contributed by atoms with Gasteiger partial charge in [0.2, 0.25) is 0 Å². The maximum atomic E-state index is 10.1. The Morgan fingerprint density at radius 1 is 1.00 bits per heavy atom. The van der Waals surface area contributed by atoms with Crippen LogP contribution in [0.1, 0.15) is 24.7 Å². The zero-order valence-corrected chi connectivity index (χ0v) is 20.5. The highest BCUT2D eigenvalue weighted by Gasteiger charge is 2.16. The molecule has 5 nitrogen and oxygen atoms in total. The Bertz CT molecular complexity index is 1540. The van der Waals surface area contributed by atoms with Crippen LogP contribution in [0.4, 0.5) is 0 Å². The highest BCUT2D eigenvalue weighted by atomic mass is 32.2. The fourth-order valence-corrected chi connectivity index (χ4v) is 4.82. The van der Waals surface area contributed by atoms with Gasteiger partial charge in [-0.2, -0.15) is 10.4 Å². The quantitative estimate of drug-likeness (QED) is 0.188. The number of allylic oxidation sites excluding steroid dienone is 1. The second-order valence-electron chi connectivity index (χ2n) is 8.24. The largest absolute Gasteiger partial charge is 0.327 e. The standard InChI is InChI=1S/C29H25N5S/c1-3-17-35-25-15-13-21(14-16-25)28-23(20-34(32-28)24-9-5-4-6-10-24)18-22(19-30)29-31-26-11-7-8-12-27(26)33(29)2/h4-16,18,20H,3,17H2,1-2H3. The number of benzene rings is 3. The van der Waals surface area contributed by atoms with Gasteiger partial charge in [0.05, 0.1) is 28.0 Å². The van der Waals surface area contributed by atoms with Gasteiger partial charge in [0.1, 0.15) is 6.07 Å². The molecule has 0 atom stereocenters. The number of hydrogen-bond donors (Lipinski definition) is 0. The molecule has 5 rings (SSSR count). The van der Waals surface area contributed by atoms with Gasteiger partial charge in [0.15, 0.2) is 5.82 Å². The van der Waals surface area contributed by atoms with E-state index in [9.17, 15) is 5.26 Å². The Morgan fingerprint density at radius 3 is 2.46 bits per heavy atom. The summed E-state index contributed by atoms with van der Waals surface area (Å²) in [5.74, 6) is 1.73. The first-order chi connectivity index (χ1) is 17.2. The maximum Gasteiger partial charge on any atom is 0.151 e. The van der Waals surface area contributed by atoms with Crippen LogP contribution in [0.15, 0.2) is 90.0 Å². The Labute approximate surface area is 209 Å². The number of aryl methyl sites for hydroxylation is 1. The minimum absolute atomic E-state index is 0.493. The average molecular weight is 476 g/mol. The zero-order valence-electron chi connectivity index (χ0n) is 19.7. The summed E-state index contributed by atoms with van der Waals surface area (Å²) in [7, 11) is 1.94. The molecule has 2 aromatic heterocycles. The third kappa shape index (κ3) is 4.64. The van der Waals surface area contributed by atoms with Gasteiger partial charge in [0.25, 0.3) is 0 Å². The molecule has 0 radical (unpaired) electrons. The highest BCUT2D eigenvalue weighted by Crippen LogP contribution is 2.30. The molecule has 0 aliphatic carbocycles. The predicted molar refractivity (Wildman–Crippen MR) is 144 cm³/mol. The highest BCUT2D eigenvalue weighted by molar-refractivity contribution is 7.99. The smallest absolute Gasteiger partial charge is 0.151 e. The van der Waals surface area contributed by atoms with E-state index >= 15 is 0 Å².